The van der Waals surface area contributed by atoms with Crippen LogP contribution in [0.3, 0.4) is 0 Å². The van der Waals surface area contributed by atoms with Crippen molar-refractivity contribution >= 4 is 15.9 Å². The maximum absolute atomic E-state index is 3.29. The van der Waals surface area contributed by atoms with Gasteiger partial charge in [0, 0.05) is 0 Å². The second-order valence-electron chi connectivity index (χ2n) is 4.88. The third kappa shape index (κ3) is 4.22. The second-order valence-corrected chi connectivity index (χ2v) is 14.7. The molecule has 1 unspecified atom stereocenters. The Bertz CT molecular complexity index is 486. The van der Waals surface area contributed by atoms with Crippen LogP contribution in [-0.2, 0) is 14.3 Å². The van der Waals surface area contributed by atoms with E-state index in [9.17, 15) is 0 Å². The van der Waals surface area contributed by atoms with Gasteiger partial charge in [-0.05, 0) is 0 Å². The van der Waals surface area contributed by atoms with Crippen LogP contribution < -0.4 is 8.32 Å². The molecular weight excluding hydrogens is 364 g/mol. The molecule has 0 aliphatic carbocycles. The molecule has 0 fully saturated rings. The normalized spacial score (nSPS) is 12.6. The van der Waals surface area contributed by atoms with Crippen molar-refractivity contribution in [3.63, 3.8) is 0 Å². The van der Waals surface area contributed by atoms with Gasteiger partial charge < -0.3 is 0 Å². The first-order valence-corrected chi connectivity index (χ1v) is 13.5. The summed E-state index contributed by atoms with van der Waals surface area (Å²) in [7, 11) is 3.29. The summed E-state index contributed by atoms with van der Waals surface area (Å²) in [5, 5.41) is 1.26. The van der Waals surface area contributed by atoms with Crippen LogP contribution in [0.2, 0.25) is 5.02 Å². The van der Waals surface area contributed by atoms with Crippen molar-refractivity contribution in [1.29, 1.82) is 0 Å². The van der Waals surface area contributed by atoms with E-state index in [0.717, 1.165) is 13.1 Å². The molecule has 21 heavy (non-hydrogen) atoms. The molecule has 1 nitrogen and oxygen atoms in total. The Balaban J connectivity index is 2.31. The average molecular weight is 390 g/mol. The van der Waals surface area contributed by atoms with E-state index in [1.54, 1.807) is 0 Å². The fourth-order valence-electron chi connectivity index (χ4n) is 2.28. The molecule has 0 heterocycles. The van der Waals surface area contributed by atoms with Crippen LogP contribution in [-0.4, -0.2) is 24.5 Å². The number of benzene rings is 2. The Morgan fingerprint density at radius 3 is 1.62 bits per heavy atom. The van der Waals surface area contributed by atoms with Crippen molar-refractivity contribution in [3.05, 3.63) is 60.7 Å². The van der Waals surface area contributed by atoms with Crippen LogP contribution in [0.5, 0.6) is 0 Å². The third-order valence-electron chi connectivity index (χ3n) is 3.67. The van der Waals surface area contributed by atoms with E-state index in [-0.39, 0.29) is 0 Å². The van der Waals surface area contributed by atoms with Gasteiger partial charge in [-0.2, -0.15) is 0 Å². The van der Waals surface area contributed by atoms with E-state index in [1.165, 1.54) is 19.9 Å². The monoisotopic (exact) mass is 390 g/mol. The molecule has 2 aromatic carbocycles. The fraction of sp³-hybridized carbons (Fsp3) is 0.333. The van der Waals surface area contributed by atoms with Gasteiger partial charge in [0.1, 0.15) is 0 Å². The first-order chi connectivity index (χ1) is 10.2. The summed E-state index contributed by atoms with van der Waals surface area (Å²) in [6, 6.07) is 22.2. The molecule has 0 spiro atoms. The predicted molar refractivity (Wildman–Crippen MR) is 94.5 cm³/mol. The summed E-state index contributed by atoms with van der Waals surface area (Å²) in [5.74, 6) is 0. The summed E-state index contributed by atoms with van der Waals surface area (Å²) in [4.78, 5) is 2.53. The van der Waals surface area contributed by atoms with Crippen molar-refractivity contribution in [2.75, 3.05) is 19.6 Å². The topological polar surface area (TPSA) is 3.24 Å². The van der Waals surface area contributed by atoms with Gasteiger partial charge in [0.05, 0.1) is 0 Å². The molecular formula is C18H26NPRh. The van der Waals surface area contributed by atoms with Crippen LogP contribution in [0.15, 0.2) is 60.7 Å². The zero-order chi connectivity index (χ0) is 15.1. The molecule has 1 atom stereocenters. The Morgan fingerprint density at radius 2 is 1.24 bits per heavy atom. The molecule has 0 saturated heterocycles. The third-order valence-corrected chi connectivity index (χ3v) is 13.6. The molecule has 117 valence electrons. The summed E-state index contributed by atoms with van der Waals surface area (Å²) in [6.45, 7) is 7.96. The average Bonchev–Trinajstić information content (AvgIpc) is 2.57. The summed E-state index contributed by atoms with van der Waals surface area (Å²) in [6.07, 6.45) is 0. The molecule has 0 saturated carbocycles. The quantitative estimate of drug-likeness (QED) is 0.518. The van der Waals surface area contributed by atoms with Gasteiger partial charge in [0.2, 0.25) is 0 Å². The predicted octanol–water partition coefficient (Wildman–Crippen LogP) is 3.34. The zero-order valence-electron chi connectivity index (χ0n) is 13.0. The van der Waals surface area contributed by atoms with E-state index >= 15 is 0 Å². The van der Waals surface area contributed by atoms with Gasteiger partial charge in [0.25, 0.3) is 0 Å². The standard InChI is InChI=1S/C6H14N.2C6H5.H2P.Rh/c1-4-7(5-2)6-3;2*1-2-4-6-5-3-1;;/h1,4-6H2,2-3H3;2*1-5H;1H2;/q;;;-1;+1. The molecule has 0 aliphatic heterocycles. The van der Waals surface area contributed by atoms with Crippen LogP contribution >= 0.6 is 7.57 Å². The maximum atomic E-state index is 3.29. The van der Waals surface area contributed by atoms with E-state index in [4.69, 9.17) is 0 Å². The van der Waals surface area contributed by atoms with Crippen molar-refractivity contribution in [2.45, 2.75) is 18.9 Å². The van der Waals surface area contributed by atoms with E-state index in [0.29, 0.717) is 0 Å². The number of hydrogen-bond acceptors (Lipinski definition) is 1. The SMILES string of the molecule is CCN(CC)C[CH2][Rh]([PH2])([c]1ccccc1)[c]1ccccc1. The Hall–Kier alpha value is -0.547. The van der Waals surface area contributed by atoms with Crippen LogP contribution in [0, 0.1) is 0 Å². The van der Waals surface area contributed by atoms with Gasteiger partial charge in [0.15, 0.2) is 0 Å². The minimum atomic E-state index is -1.98. The first kappa shape index (κ1) is 16.8. The molecule has 2 rings (SSSR count). The van der Waals surface area contributed by atoms with Crippen molar-refractivity contribution in [3.8, 4) is 0 Å². The van der Waals surface area contributed by atoms with Crippen molar-refractivity contribution in [1.82, 2.24) is 4.90 Å². The number of hydrogen-bond donors (Lipinski definition) is 0. The summed E-state index contributed by atoms with van der Waals surface area (Å²) in [5.41, 5.74) is 0. The van der Waals surface area contributed by atoms with Gasteiger partial charge >= 0.3 is 134 Å². The molecule has 0 aromatic heterocycles. The van der Waals surface area contributed by atoms with Gasteiger partial charge in [-0.3, -0.25) is 0 Å². The van der Waals surface area contributed by atoms with Gasteiger partial charge in [-0.25, -0.2) is 0 Å². The zero-order valence-corrected chi connectivity index (χ0v) is 15.8. The molecule has 0 radical (unpaired) electrons. The number of nitrogens with zero attached hydrogens (tertiary/aromatic N) is 1. The second kappa shape index (κ2) is 8.18. The fourth-order valence-corrected chi connectivity index (χ4v) is 9.47. The Morgan fingerprint density at radius 1 is 0.810 bits per heavy atom. The van der Waals surface area contributed by atoms with Crippen LogP contribution in [0.1, 0.15) is 13.8 Å². The first-order valence-electron chi connectivity index (χ1n) is 7.45. The van der Waals surface area contributed by atoms with Crippen molar-refractivity contribution in [2.24, 2.45) is 0 Å². The van der Waals surface area contributed by atoms with E-state index in [1.807, 2.05) is 0 Å². The summed E-state index contributed by atoms with van der Waals surface area (Å²) >= 11 is -1.98. The van der Waals surface area contributed by atoms with Crippen LogP contribution in [0.25, 0.3) is 0 Å². The van der Waals surface area contributed by atoms with E-state index in [2.05, 4.69) is 87.0 Å². The van der Waals surface area contributed by atoms with Crippen molar-refractivity contribution < 1.29 is 14.3 Å². The minimum absolute atomic E-state index is 1.14. The molecule has 3 heteroatoms. The molecule has 2 aromatic rings. The van der Waals surface area contributed by atoms with Gasteiger partial charge in [-0.1, -0.05) is 0 Å². The Labute approximate surface area is 134 Å². The Kier molecular flexibility index (Phi) is 6.55. The summed E-state index contributed by atoms with van der Waals surface area (Å²) < 4.78 is 3.06. The molecule has 0 bridgehead atoms. The molecule has 0 amide bonds. The van der Waals surface area contributed by atoms with E-state index < -0.39 is 14.3 Å². The van der Waals surface area contributed by atoms with Gasteiger partial charge in [-0.15, -0.1) is 0 Å². The van der Waals surface area contributed by atoms with Crippen LogP contribution in [0.4, 0.5) is 0 Å². The molecule has 0 aliphatic rings. The number of rotatable bonds is 7. The molecule has 0 N–H and O–H groups in total.